The third kappa shape index (κ3) is 2.69. The van der Waals surface area contributed by atoms with Crippen molar-refractivity contribution in [2.75, 3.05) is 18.1 Å². The number of ether oxygens (including phenoxy) is 1. The minimum absolute atomic E-state index is 0.155. The van der Waals surface area contributed by atoms with E-state index in [0.717, 1.165) is 42.5 Å². The molecule has 5 heteroatoms. The van der Waals surface area contributed by atoms with E-state index in [1.807, 2.05) is 12.3 Å². The first-order chi connectivity index (χ1) is 10.4. The lowest BCUT2D eigenvalue weighted by molar-refractivity contribution is 0.00730. The van der Waals surface area contributed by atoms with Gasteiger partial charge in [-0.2, -0.15) is 11.8 Å². The number of aromatic nitrogens is 3. The molecule has 2 aromatic rings. The topological polar surface area (TPSA) is 39.9 Å². The first-order valence-corrected chi connectivity index (χ1v) is 9.08. The van der Waals surface area contributed by atoms with Crippen molar-refractivity contribution < 1.29 is 4.74 Å². The molecule has 0 spiro atoms. The molecule has 2 aromatic heterocycles. The smallest absolute Gasteiger partial charge is 0.160 e. The van der Waals surface area contributed by atoms with Gasteiger partial charge in [-0.15, -0.1) is 0 Å². The van der Waals surface area contributed by atoms with Crippen LogP contribution in [0.3, 0.4) is 0 Å². The molecule has 0 aliphatic carbocycles. The molecule has 2 fully saturated rings. The van der Waals surface area contributed by atoms with Gasteiger partial charge in [0.25, 0.3) is 0 Å². The van der Waals surface area contributed by atoms with Crippen LogP contribution < -0.4 is 0 Å². The van der Waals surface area contributed by atoms with Crippen molar-refractivity contribution in [1.29, 1.82) is 0 Å². The zero-order valence-electron chi connectivity index (χ0n) is 12.2. The van der Waals surface area contributed by atoms with Crippen molar-refractivity contribution in [2.45, 2.75) is 38.3 Å². The van der Waals surface area contributed by atoms with Crippen LogP contribution in [0.1, 0.15) is 37.6 Å². The summed E-state index contributed by atoms with van der Waals surface area (Å²) in [6.45, 7) is 1.90. The largest absolute Gasteiger partial charge is 0.370 e. The van der Waals surface area contributed by atoms with E-state index < -0.39 is 0 Å². The minimum Gasteiger partial charge on any atom is -0.370 e. The van der Waals surface area contributed by atoms with Gasteiger partial charge in [-0.25, -0.2) is 9.97 Å². The van der Waals surface area contributed by atoms with Crippen LogP contribution in [0, 0.1) is 5.92 Å². The monoisotopic (exact) mass is 303 g/mol. The van der Waals surface area contributed by atoms with Gasteiger partial charge in [-0.1, -0.05) is 0 Å². The van der Waals surface area contributed by atoms with Gasteiger partial charge in [-0.05, 0) is 55.2 Å². The summed E-state index contributed by atoms with van der Waals surface area (Å²) in [7, 11) is 0. The van der Waals surface area contributed by atoms with Crippen LogP contribution in [0.4, 0.5) is 0 Å². The van der Waals surface area contributed by atoms with E-state index in [9.17, 15) is 0 Å². The Labute approximate surface area is 129 Å². The molecule has 2 aliphatic heterocycles. The van der Waals surface area contributed by atoms with Crippen molar-refractivity contribution in [2.24, 2.45) is 5.92 Å². The normalized spacial score (nSPS) is 26.5. The number of hydrogen-bond acceptors (Lipinski definition) is 4. The summed E-state index contributed by atoms with van der Waals surface area (Å²) in [5.41, 5.74) is 2.03. The van der Waals surface area contributed by atoms with Gasteiger partial charge in [0.1, 0.15) is 17.4 Å². The summed E-state index contributed by atoms with van der Waals surface area (Å²) >= 11 is 2.07. The summed E-state index contributed by atoms with van der Waals surface area (Å²) in [4.78, 5) is 9.42. The second-order valence-corrected chi connectivity index (χ2v) is 7.16. The number of hydrogen-bond donors (Lipinski definition) is 0. The van der Waals surface area contributed by atoms with Crippen molar-refractivity contribution in [3.8, 4) is 0 Å². The van der Waals surface area contributed by atoms with Crippen LogP contribution in [-0.2, 0) is 11.3 Å². The van der Waals surface area contributed by atoms with Gasteiger partial charge in [0, 0.05) is 19.3 Å². The average Bonchev–Trinajstić information content (AvgIpc) is 3.17. The van der Waals surface area contributed by atoms with Crippen molar-refractivity contribution >= 4 is 22.9 Å². The zero-order chi connectivity index (χ0) is 14.1. The van der Waals surface area contributed by atoms with Gasteiger partial charge in [0.05, 0.1) is 0 Å². The third-order valence-corrected chi connectivity index (χ3v) is 5.70. The van der Waals surface area contributed by atoms with E-state index in [0.29, 0.717) is 0 Å². The Morgan fingerprint density at radius 2 is 2.33 bits per heavy atom. The van der Waals surface area contributed by atoms with Crippen LogP contribution >= 0.6 is 11.8 Å². The van der Waals surface area contributed by atoms with Gasteiger partial charge in [0.15, 0.2) is 5.65 Å². The Kier molecular flexibility index (Phi) is 3.86. The van der Waals surface area contributed by atoms with Gasteiger partial charge < -0.3 is 9.30 Å². The summed E-state index contributed by atoms with van der Waals surface area (Å²) < 4.78 is 8.32. The molecular formula is C16H21N3OS. The molecule has 4 rings (SSSR count). The molecule has 2 aliphatic rings. The molecule has 0 radical (unpaired) electrons. The Hall–Kier alpha value is -1.07. The molecule has 4 nitrogen and oxygen atoms in total. The van der Waals surface area contributed by atoms with Crippen LogP contribution in [0.25, 0.3) is 11.2 Å². The highest BCUT2D eigenvalue weighted by Crippen LogP contribution is 2.32. The highest BCUT2D eigenvalue weighted by atomic mass is 32.2. The number of imidazole rings is 1. The standard InChI is InChI=1S/C16H21N3OS/c1-2-8-20-14(5-1)16-18-13-4-3-7-17-15(13)19(16)10-12-6-9-21-11-12/h3-4,7,12,14H,1-2,5-6,8-11H2. The van der Waals surface area contributed by atoms with Crippen LogP contribution in [0.5, 0.6) is 0 Å². The Bertz CT molecular complexity index is 615. The molecular weight excluding hydrogens is 282 g/mol. The van der Waals surface area contributed by atoms with Gasteiger partial charge >= 0.3 is 0 Å². The quantitative estimate of drug-likeness (QED) is 0.871. The number of thioether (sulfide) groups is 1. The first-order valence-electron chi connectivity index (χ1n) is 7.92. The van der Waals surface area contributed by atoms with Crippen LogP contribution in [-0.4, -0.2) is 32.6 Å². The molecule has 112 valence electrons. The lowest BCUT2D eigenvalue weighted by Gasteiger charge is -2.23. The molecule has 0 saturated carbocycles. The van der Waals surface area contributed by atoms with Crippen LogP contribution in [0.2, 0.25) is 0 Å². The van der Waals surface area contributed by atoms with E-state index in [2.05, 4.69) is 27.4 Å². The molecule has 0 N–H and O–H groups in total. The maximum atomic E-state index is 5.98. The summed E-state index contributed by atoms with van der Waals surface area (Å²) in [5.74, 6) is 4.40. The fraction of sp³-hybridized carbons (Fsp3) is 0.625. The van der Waals surface area contributed by atoms with Crippen LogP contribution in [0.15, 0.2) is 18.3 Å². The van der Waals surface area contributed by atoms with E-state index in [1.165, 1.54) is 30.8 Å². The van der Waals surface area contributed by atoms with E-state index in [1.54, 1.807) is 0 Å². The van der Waals surface area contributed by atoms with Gasteiger partial charge in [-0.3, -0.25) is 0 Å². The fourth-order valence-corrected chi connectivity index (χ4v) is 4.60. The summed E-state index contributed by atoms with van der Waals surface area (Å²) in [6.07, 6.45) is 6.83. The minimum atomic E-state index is 0.155. The van der Waals surface area contributed by atoms with Crippen molar-refractivity contribution in [3.05, 3.63) is 24.2 Å². The molecule has 2 atom stereocenters. The molecule has 0 aromatic carbocycles. The number of rotatable bonds is 3. The number of fused-ring (bicyclic) bond motifs is 1. The highest BCUT2D eigenvalue weighted by molar-refractivity contribution is 7.99. The number of nitrogens with zero attached hydrogens (tertiary/aromatic N) is 3. The molecule has 4 heterocycles. The Balaban J connectivity index is 1.72. The molecule has 0 bridgehead atoms. The summed E-state index contributed by atoms with van der Waals surface area (Å²) in [6, 6.07) is 4.03. The molecule has 21 heavy (non-hydrogen) atoms. The Morgan fingerprint density at radius 1 is 1.33 bits per heavy atom. The van der Waals surface area contributed by atoms with E-state index in [4.69, 9.17) is 9.72 Å². The average molecular weight is 303 g/mol. The van der Waals surface area contributed by atoms with E-state index >= 15 is 0 Å². The SMILES string of the molecule is c1cnc2c(c1)nc(C1CCCCO1)n2CC1CCSC1. The van der Waals surface area contributed by atoms with Crippen molar-refractivity contribution in [3.63, 3.8) is 0 Å². The summed E-state index contributed by atoms with van der Waals surface area (Å²) in [5, 5.41) is 0. The first kappa shape index (κ1) is 13.6. The lowest BCUT2D eigenvalue weighted by atomic mass is 10.1. The second kappa shape index (κ2) is 5.97. The predicted octanol–water partition coefficient (Wildman–Crippen LogP) is 3.43. The third-order valence-electron chi connectivity index (χ3n) is 4.47. The molecule has 2 unspecified atom stereocenters. The predicted molar refractivity (Wildman–Crippen MR) is 85.5 cm³/mol. The molecule has 2 saturated heterocycles. The van der Waals surface area contributed by atoms with Gasteiger partial charge in [0.2, 0.25) is 0 Å². The van der Waals surface area contributed by atoms with E-state index in [-0.39, 0.29) is 6.10 Å². The fourth-order valence-electron chi connectivity index (χ4n) is 3.33. The molecule has 0 amide bonds. The maximum absolute atomic E-state index is 5.98. The van der Waals surface area contributed by atoms with Crippen molar-refractivity contribution in [1.82, 2.24) is 14.5 Å². The maximum Gasteiger partial charge on any atom is 0.160 e. The highest BCUT2D eigenvalue weighted by Gasteiger charge is 2.26. The second-order valence-electron chi connectivity index (χ2n) is 6.01. The lowest BCUT2D eigenvalue weighted by Crippen LogP contribution is -2.19. The zero-order valence-corrected chi connectivity index (χ0v) is 13.0. The number of pyridine rings is 1. The Morgan fingerprint density at radius 3 is 3.14 bits per heavy atom.